The Morgan fingerprint density at radius 2 is 1.96 bits per heavy atom. The van der Waals surface area contributed by atoms with Crippen molar-refractivity contribution in [3.8, 4) is 16.9 Å². The van der Waals surface area contributed by atoms with Crippen molar-refractivity contribution in [1.82, 2.24) is 5.32 Å². The van der Waals surface area contributed by atoms with Gasteiger partial charge >= 0.3 is 0 Å². The topological polar surface area (TPSA) is 33.3 Å². The van der Waals surface area contributed by atoms with Gasteiger partial charge in [0.25, 0.3) is 0 Å². The molecule has 2 atom stereocenters. The van der Waals surface area contributed by atoms with Crippen molar-refractivity contribution >= 4 is 5.69 Å². The SMILES string of the molecule is CCOc1cccc(-c2cccc3c2[C@H]2CCNCC[C@@H]2N3)c1. The molecule has 2 heterocycles. The van der Waals surface area contributed by atoms with Crippen LogP contribution < -0.4 is 15.4 Å². The fourth-order valence-electron chi connectivity index (χ4n) is 4.02. The third kappa shape index (κ3) is 2.70. The van der Waals surface area contributed by atoms with E-state index in [1.165, 1.54) is 35.2 Å². The molecule has 23 heavy (non-hydrogen) atoms. The summed E-state index contributed by atoms with van der Waals surface area (Å²) in [6.07, 6.45) is 2.39. The average molecular weight is 308 g/mol. The van der Waals surface area contributed by atoms with Crippen LogP contribution in [0.5, 0.6) is 5.75 Å². The first kappa shape index (κ1) is 14.6. The molecule has 0 saturated carbocycles. The predicted molar refractivity (Wildman–Crippen MR) is 95.3 cm³/mol. The number of rotatable bonds is 3. The summed E-state index contributed by atoms with van der Waals surface area (Å²) >= 11 is 0. The number of nitrogens with one attached hydrogen (secondary N) is 2. The van der Waals surface area contributed by atoms with Gasteiger partial charge in [0, 0.05) is 17.6 Å². The van der Waals surface area contributed by atoms with E-state index in [0.29, 0.717) is 18.6 Å². The first-order valence-corrected chi connectivity index (χ1v) is 8.70. The van der Waals surface area contributed by atoms with Gasteiger partial charge < -0.3 is 15.4 Å². The third-order valence-corrected chi connectivity index (χ3v) is 5.02. The van der Waals surface area contributed by atoms with Crippen LogP contribution in [0.2, 0.25) is 0 Å². The van der Waals surface area contributed by atoms with Gasteiger partial charge in [0.05, 0.1) is 6.61 Å². The van der Waals surface area contributed by atoms with Crippen molar-refractivity contribution in [2.24, 2.45) is 0 Å². The molecule has 4 rings (SSSR count). The lowest BCUT2D eigenvalue weighted by molar-refractivity contribution is 0.340. The van der Waals surface area contributed by atoms with Gasteiger partial charge in [-0.25, -0.2) is 0 Å². The summed E-state index contributed by atoms with van der Waals surface area (Å²) in [5.41, 5.74) is 5.43. The van der Waals surface area contributed by atoms with Gasteiger partial charge in [-0.3, -0.25) is 0 Å². The second-order valence-corrected chi connectivity index (χ2v) is 6.41. The summed E-state index contributed by atoms with van der Waals surface area (Å²) in [6.45, 7) is 4.95. The van der Waals surface area contributed by atoms with E-state index in [1.807, 2.05) is 13.0 Å². The number of benzene rings is 2. The molecule has 0 radical (unpaired) electrons. The first-order valence-electron chi connectivity index (χ1n) is 8.70. The molecule has 2 aliphatic heterocycles. The molecule has 0 amide bonds. The van der Waals surface area contributed by atoms with Crippen LogP contribution in [-0.2, 0) is 0 Å². The van der Waals surface area contributed by atoms with E-state index >= 15 is 0 Å². The molecule has 0 unspecified atom stereocenters. The van der Waals surface area contributed by atoms with Crippen LogP contribution in [-0.4, -0.2) is 25.7 Å². The summed E-state index contributed by atoms with van der Waals surface area (Å²) in [7, 11) is 0. The molecule has 2 aliphatic rings. The Kier molecular flexibility index (Phi) is 3.96. The van der Waals surface area contributed by atoms with Crippen molar-refractivity contribution in [3.63, 3.8) is 0 Å². The Hall–Kier alpha value is -2.00. The van der Waals surface area contributed by atoms with E-state index in [9.17, 15) is 0 Å². The summed E-state index contributed by atoms with van der Waals surface area (Å²) in [6, 6.07) is 15.7. The van der Waals surface area contributed by atoms with Crippen LogP contribution in [0.4, 0.5) is 5.69 Å². The Morgan fingerprint density at radius 3 is 2.87 bits per heavy atom. The van der Waals surface area contributed by atoms with Crippen LogP contribution in [0.3, 0.4) is 0 Å². The molecular weight excluding hydrogens is 284 g/mol. The predicted octanol–water partition coefficient (Wildman–Crippen LogP) is 4.01. The van der Waals surface area contributed by atoms with E-state index in [-0.39, 0.29) is 0 Å². The van der Waals surface area contributed by atoms with Gasteiger partial charge in [0.15, 0.2) is 0 Å². The number of anilines is 1. The van der Waals surface area contributed by atoms with E-state index in [0.717, 1.165) is 18.8 Å². The number of ether oxygens (including phenoxy) is 1. The Bertz CT molecular complexity index is 698. The molecule has 2 N–H and O–H groups in total. The lowest BCUT2D eigenvalue weighted by Crippen LogP contribution is -2.21. The molecule has 120 valence electrons. The van der Waals surface area contributed by atoms with Gasteiger partial charge in [-0.05, 0) is 67.7 Å². The Labute approximate surface area is 138 Å². The molecule has 3 heteroatoms. The number of hydrogen-bond acceptors (Lipinski definition) is 3. The van der Waals surface area contributed by atoms with Crippen molar-refractivity contribution in [1.29, 1.82) is 0 Å². The second-order valence-electron chi connectivity index (χ2n) is 6.41. The lowest BCUT2D eigenvalue weighted by atomic mass is 9.86. The third-order valence-electron chi connectivity index (χ3n) is 5.02. The lowest BCUT2D eigenvalue weighted by Gasteiger charge is -2.18. The van der Waals surface area contributed by atoms with Crippen molar-refractivity contribution in [2.75, 3.05) is 25.0 Å². The normalized spacial score (nSPS) is 22.7. The zero-order valence-corrected chi connectivity index (χ0v) is 13.6. The Morgan fingerprint density at radius 1 is 1.09 bits per heavy atom. The van der Waals surface area contributed by atoms with Gasteiger partial charge in [-0.2, -0.15) is 0 Å². The van der Waals surface area contributed by atoms with Gasteiger partial charge in [0.2, 0.25) is 0 Å². The average Bonchev–Trinajstić information content (AvgIpc) is 2.77. The standard InChI is InChI=1S/C20H24N2O/c1-2-23-15-6-3-5-14(13-15)16-7-4-8-19-20(16)17-9-11-21-12-10-18(17)22-19/h3-8,13,17-18,21-22H,2,9-12H2,1H3/t17-,18-/m0/s1. The molecule has 1 saturated heterocycles. The summed E-state index contributed by atoms with van der Waals surface area (Å²) in [5.74, 6) is 1.56. The smallest absolute Gasteiger partial charge is 0.119 e. The quantitative estimate of drug-likeness (QED) is 0.898. The second kappa shape index (κ2) is 6.25. The molecule has 0 aliphatic carbocycles. The van der Waals surface area contributed by atoms with E-state index < -0.39 is 0 Å². The number of fused-ring (bicyclic) bond motifs is 3. The molecular formula is C20H24N2O. The molecule has 3 nitrogen and oxygen atoms in total. The maximum Gasteiger partial charge on any atom is 0.119 e. The van der Waals surface area contributed by atoms with Crippen LogP contribution in [0.1, 0.15) is 31.2 Å². The van der Waals surface area contributed by atoms with Crippen LogP contribution >= 0.6 is 0 Å². The minimum absolute atomic E-state index is 0.566. The van der Waals surface area contributed by atoms with Gasteiger partial charge in [-0.1, -0.05) is 24.3 Å². The van der Waals surface area contributed by atoms with E-state index in [2.05, 4.69) is 47.0 Å². The minimum atomic E-state index is 0.566. The fourth-order valence-corrected chi connectivity index (χ4v) is 4.02. The highest BCUT2D eigenvalue weighted by atomic mass is 16.5. The highest BCUT2D eigenvalue weighted by molar-refractivity contribution is 5.78. The van der Waals surface area contributed by atoms with Crippen molar-refractivity contribution in [2.45, 2.75) is 31.7 Å². The maximum atomic E-state index is 5.69. The summed E-state index contributed by atoms with van der Waals surface area (Å²) in [4.78, 5) is 0. The monoisotopic (exact) mass is 308 g/mol. The van der Waals surface area contributed by atoms with Crippen molar-refractivity contribution in [3.05, 3.63) is 48.0 Å². The van der Waals surface area contributed by atoms with Gasteiger partial charge in [-0.15, -0.1) is 0 Å². The molecule has 0 bridgehead atoms. The molecule has 0 aromatic heterocycles. The highest BCUT2D eigenvalue weighted by Crippen LogP contribution is 2.45. The zero-order valence-electron chi connectivity index (χ0n) is 13.6. The van der Waals surface area contributed by atoms with Crippen LogP contribution in [0.15, 0.2) is 42.5 Å². The first-order chi connectivity index (χ1) is 11.4. The van der Waals surface area contributed by atoms with Gasteiger partial charge in [0.1, 0.15) is 5.75 Å². The molecule has 1 fully saturated rings. The highest BCUT2D eigenvalue weighted by Gasteiger charge is 2.34. The minimum Gasteiger partial charge on any atom is -0.494 e. The maximum absolute atomic E-state index is 5.69. The Balaban J connectivity index is 1.77. The van der Waals surface area contributed by atoms with Crippen LogP contribution in [0.25, 0.3) is 11.1 Å². The molecule has 2 aromatic rings. The van der Waals surface area contributed by atoms with Crippen LogP contribution in [0, 0.1) is 0 Å². The zero-order chi connectivity index (χ0) is 15.6. The summed E-state index contributed by atoms with van der Waals surface area (Å²) < 4.78 is 5.69. The molecule has 2 aromatic carbocycles. The fraction of sp³-hybridized carbons (Fsp3) is 0.400. The van der Waals surface area contributed by atoms with E-state index in [1.54, 1.807) is 0 Å². The van der Waals surface area contributed by atoms with Crippen molar-refractivity contribution < 1.29 is 4.74 Å². The molecule has 0 spiro atoms. The largest absolute Gasteiger partial charge is 0.494 e. The number of hydrogen-bond donors (Lipinski definition) is 2. The van der Waals surface area contributed by atoms with E-state index in [4.69, 9.17) is 4.74 Å². The summed E-state index contributed by atoms with van der Waals surface area (Å²) in [5, 5.41) is 7.29.